The van der Waals surface area contributed by atoms with Crippen molar-refractivity contribution < 1.29 is 9.59 Å². The van der Waals surface area contributed by atoms with Crippen molar-refractivity contribution in [3.05, 3.63) is 90.0 Å². The molecule has 0 aliphatic carbocycles. The Labute approximate surface area is 150 Å². The normalized spacial score (nSPS) is 16.4. The van der Waals surface area contributed by atoms with Crippen molar-refractivity contribution in [1.82, 2.24) is 14.9 Å². The second kappa shape index (κ2) is 6.76. The van der Waals surface area contributed by atoms with E-state index in [4.69, 9.17) is 0 Å². The molecule has 1 aromatic heterocycles. The highest BCUT2D eigenvalue weighted by Gasteiger charge is 2.27. The van der Waals surface area contributed by atoms with E-state index in [1.165, 1.54) is 23.3 Å². The molecule has 0 fully saturated rings. The number of hydrogen-bond acceptors (Lipinski definition) is 4. The predicted octanol–water partition coefficient (Wildman–Crippen LogP) is 2.43. The molecule has 6 nitrogen and oxygen atoms in total. The van der Waals surface area contributed by atoms with Crippen molar-refractivity contribution in [2.45, 2.75) is 12.6 Å². The zero-order chi connectivity index (χ0) is 17.9. The van der Waals surface area contributed by atoms with E-state index in [0.717, 1.165) is 16.7 Å². The van der Waals surface area contributed by atoms with E-state index in [0.29, 0.717) is 5.71 Å². The molecular formula is C20H16N4O2. The fourth-order valence-electron chi connectivity index (χ4n) is 2.97. The van der Waals surface area contributed by atoms with Gasteiger partial charge in [-0.15, -0.1) is 0 Å². The summed E-state index contributed by atoms with van der Waals surface area (Å²) in [6.07, 6.45) is 3.67. The third-order valence-corrected chi connectivity index (χ3v) is 4.25. The van der Waals surface area contributed by atoms with E-state index in [1.807, 2.05) is 54.6 Å². The number of ketones is 1. The van der Waals surface area contributed by atoms with Crippen LogP contribution in [-0.2, 0) is 11.2 Å². The molecule has 1 amide bonds. The van der Waals surface area contributed by atoms with Crippen LogP contribution in [0.25, 0.3) is 0 Å². The fraction of sp³-hybridized carbons (Fsp3) is 0.100. The van der Waals surface area contributed by atoms with Gasteiger partial charge in [0.25, 0.3) is 0 Å². The Morgan fingerprint density at radius 1 is 1.08 bits per heavy atom. The fourth-order valence-corrected chi connectivity index (χ4v) is 2.97. The molecule has 0 unspecified atom stereocenters. The highest BCUT2D eigenvalue weighted by molar-refractivity contribution is 6.16. The van der Waals surface area contributed by atoms with Gasteiger partial charge in [0.05, 0.1) is 5.71 Å². The van der Waals surface area contributed by atoms with E-state index < -0.39 is 12.2 Å². The summed E-state index contributed by atoms with van der Waals surface area (Å²) in [5, 5.41) is 2.69. The predicted molar refractivity (Wildman–Crippen MR) is 97.2 cm³/mol. The minimum absolute atomic E-state index is 0.156. The van der Waals surface area contributed by atoms with Crippen LogP contribution >= 0.6 is 0 Å². The molecule has 3 aromatic rings. The van der Waals surface area contributed by atoms with E-state index in [9.17, 15) is 9.59 Å². The average Bonchev–Trinajstić information content (AvgIpc) is 3.17. The second-order valence-electron chi connectivity index (χ2n) is 5.97. The summed E-state index contributed by atoms with van der Waals surface area (Å²) in [4.78, 5) is 33.5. The third kappa shape index (κ3) is 3.04. The topological polar surface area (TPSA) is 76.3 Å². The summed E-state index contributed by atoms with van der Waals surface area (Å²) < 4.78 is 1.28. The van der Waals surface area contributed by atoms with Gasteiger partial charge in [0.1, 0.15) is 6.33 Å². The molecule has 0 bridgehead atoms. The molecule has 4 rings (SSSR count). The van der Waals surface area contributed by atoms with Crippen LogP contribution in [0.1, 0.15) is 16.7 Å². The number of fused-ring (bicyclic) bond motifs is 1. The van der Waals surface area contributed by atoms with Gasteiger partial charge in [0.15, 0.2) is 11.9 Å². The first kappa shape index (κ1) is 16.0. The van der Waals surface area contributed by atoms with Gasteiger partial charge in [-0.05, 0) is 5.56 Å². The molecule has 1 aliphatic rings. The molecule has 0 saturated heterocycles. The first-order chi connectivity index (χ1) is 12.7. The maximum atomic E-state index is 12.7. The lowest BCUT2D eigenvalue weighted by Gasteiger charge is -2.13. The Morgan fingerprint density at radius 2 is 1.85 bits per heavy atom. The quantitative estimate of drug-likeness (QED) is 0.776. The van der Waals surface area contributed by atoms with Crippen LogP contribution in [0.15, 0.2) is 78.3 Å². The Bertz CT molecular complexity index is 978. The van der Waals surface area contributed by atoms with Crippen molar-refractivity contribution in [3.8, 4) is 0 Å². The first-order valence-electron chi connectivity index (χ1n) is 8.25. The lowest BCUT2D eigenvalue weighted by atomic mass is 9.96. The highest BCUT2D eigenvalue weighted by atomic mass is 16.2. The number of Topliss-reactive ketones (excluding diaryl/α,β-unsaturated/α-hetero) is 1. The average molecular weight is 344 g/mol. The highest BCUT2D eigenvalue weighted by Crippen LogP contribution is 2.21. The largest absolute Gasteiger partial charge is 0.328 e. The minimum Gasteiger partial charge on any atom is -0.309 e. The summed E-state index contributed by atoms with van der Waals surface area (Å²) in [5.41, 5.74) is 3.41. The summed E-state index contributed by atoms with van der Waals surface area (Å²) >= 11 is 0. The van der Waals surface area contributed by atoms with Gasteiger partial charge >= 0.3 is 6.03 Å². The van der Waals surface area contributed by atoms with Crippen molar-refractivity contribution in [1.29, 1.82) is 0 Å². The molecular weight excluding hydrogens is 328 g/mol. The van der Waals surface area contributed by atoms with Gasteiger partial charge in [-0.3, -0.25) is 14.4 Å². The number of aromatic nitrogens is 2. The second-order valence-corrected chi connectivity index (χ2v) is 5.97. The molecule has 2 aromatic carbocycles. The number of hydrogen-bond donors (Lipinski definition) is 1. The van der Waals surface area contributed by atoms with Crippen molar-refractivity contribution in [2.24, 2.45) is 4.99 Å². The standard InChI is InChI=1S/C20H16N4O2/c25-17-12-15-8-4-5-9-16(15)18(14-6-2-1-3-7-14)22-19(17)23-20(26)24-11-10-21-13-24/h1-11,13,19H,12H2,(H,23,26)/t19-/m1/s1. The first-order valence-corrected chi connectivity index (χ1v) is 8.25. The summed E-state index contributed by atoms with van der Waals surface area (Å²) in [5.74, 6) is -0.156. The number of rotatable bonds is 2. The summed E-state index contributed by atoms with van der Waals surface area (Å²) in [6, 6.07) is 16.9. The molecule has 0 saturated carbocycles. The Hall–Kier alpha value is -3.54. The maximum Gasteiger partial charge on any atom is 0.328 e. The monoisotopic (exact) mass is 344 g/mol. The minimum atomic E-state index is -0.951. The van der Waals surface area contributed by atoms with Gasteiger partial charge in [0.2, 0.25) is 0 Å². The van der Waals surface area contributed by atoms with Crippen LogP contribution < -0.4 is 5.32 Å². The van der Waals surface area contributed by atoms with Gasteiger partial charge in [-0.25, -0.2) is 9.78 Å². The number of carbonyl (C=O) groups excluding carboxylic acids is 2. The zero-order valence-electron chi connectivity index (χ0n) is 13.9. The SMILES string of the molecule is O=C1Cc2ccccc2C(c2ccccc2)=N[C@@H]1NC(=O)n1ccnc1. The van der Waals surface area contributed by atoms with Crippen LogP contribution in [0.2, 0.25) is 0 Å². The number of nitrogens with one attached hydrogen (secondary N) is 1. The number of amides is 1. The number of imidazole rings is 1. The van der Waals surface area contributed by atoms with E-state index in [-0.39, 0.29) is 12.2 Å². The van der Waals surface area contributed by atoms with Crippen LogP contribution in [0.3, 0.4) is 0 Å². The number of benzene rings is 2. The molecule has 1 N–H and O–H groups in total. The molecule has 2 heterocycles. The lowest BCUT2D eigenvalue weighted by Crippen LogP contribution is -2.42. The van der Waals surface area contributed by atoms with Crippen LogP contribution in [-0.4, -0.2) is 33.2 Å². The van der Waals surface area contributed by atoms with Crippen LogP contribution in [0.5, 0.6) is 0 Å². The third-order valence-electron chi connectivity index (χ3n) is 4.25. The van der Waals surface area contributed by atoms with Crippen molar-refractivity contribution in [2.75, 3.05) is 0 Å². The number of carbonyl (C=O) groups is 2. The van der Waals surface area contributed by atoms with Crippen LogP contribution in [0, 0.1) is 0 Å². The molecule has 26 heavy (non-hydrogen) atoms. The Balaban J connectivity index is 1.76. The van der Waals surface area contributed by atoms with Gasteiger partial charge in [-0.1, -0.05) is 54.6 Å². The van der Waals surface area contributed by atoms with E-state index >= 15 is 0 Å². The number of aliphatic imine (C=N–C) groups is 1. The summed E-state index contributed by atoms with van der Waals surface area (Å²) in [6.45, 7) is 0. The van der Waals surface area contributed by atoms with Gasteiger partial charge in [0, 0.05) is 29.9 Å². The molecule has 1 aliphatic heterocycles. The Kier molecular flexibility index (Phi) is 4.15. The lowest BCUT2D eigenvalue weighted by molar-refractivity contribution is -0.119. The Morgan fingerprint density at radius 3 is 2.62 bits per heavy atom. The summed E-state index contributed by atoms with van der Waals surface area (Å²) in [7, 11) is 0. The van der Waals surface area contributed by atoms with Gasteiger partial charge < -0.3 is 5.32 Å². The van der Waals surface area contributed by atoms with Crippen molar-refractivity contribution in [3.63, 3.8) is 0 Å². The number of nitrogens with zero attached hydrogens (tertiary/aromatic N) is 3. The molecule has 1 atom stereocenters. The molecule has 0 spiro atoms. The van der Waals surface area contributed by atoms with Crippen LogP contribution in [0.4, 0.5) is 4.79 Å². The smallest absolute Gasteiger partial charge is 0.309 e. The van der Waals surface area contributed by atoms with E-state index in [2.05, 4.69) is 15.3 Å². The van der Waals surface area contributed by atoms with Crippen molar-refractivity contribution >= 4 is 17.5 Å². The molecule has 6 heteroatoms. The van der Waals surface area contributed by atoms with E-state index in [1.54, 1.807) is 0 Å². The zero-order valence-corrected chi connectivity index (χ0v) is 13.9. The molecule has 0 radical (unpaired) electrons. The van der Waals surface area contributed by atoms with Gasteiger partial charge in [-0.2, -0.15) is 0 Å². The molecule has 128 valence electrons. The maximum absolute atomic E-state index is 12.7.